The lowest BCUT2D eigenvalue weighted by Gasteiger charge is -2.06. The summed E-state index contributed by atoms with van der Waals surface area (Å²) in [6.07, 6.45) is 0. The number of carbonyl (C=O) groups excluding carboxylic acids is 1. The maximum atomic E-state index is 13.7. The minimum Gasteiger partial charge on any atom is -0.496 e. The van der Waals surface area contributed by atoms with E-state index in [1.54, 1.807) is 18.2 Å². The molecule has 0 aliphatic rings. The minimum atomic E-state index is -0.635. The maximum absolute atomic E-state index is 13.7. The zero-order valence-corrected chi connectivity index (χ0v) is 12.3. The van der Waals surface area contributed by atoms with Crippen LogP contribution in [0.15, 0.2) is 40.9 Å². The molecule has 19 heavy (non-hydrogen) atoms. The Balaban J connectivity index is 2.41. The van der Waals surface area contributed by atoms with Crippen LogP contribution < -0.4 is 4.74 Å². The number of halogens is 3. The van der Waals surface area contributed by atoms with Crippen molar-refractivity contribution < 1.29 is 13.9 Å². The molecule has 0 fully saturated rings. The Kier molecular flexibility index (Phi) is 4.22. The van der Waals surface area contributed by atoms with Gasteiger partial charge in [0.1, 0.15) is 11.6 Å². The van der Waals surface area contributed by atoms with Gasteiger partial charge in [-0.05, 0) is 52.3 Å². The Morgan fingerprint density at radius 1 is 1.26 bits per heavy atom. The lowest BCUT2D eigenvalue weighted by molar-refractivity contribution is 0.103. The maximum Gasteiger partial charge on any atom is 0.196 e. The highest BCUT2D eigenvalue weighted by Crippen LogP contribution is 2.27. The molecule has 98 valence electrons. The van der Waals surface area contributed by atoms with Gasteiger partial charge >= 0.3 is 0 Å². The first-order chi connectivity index (χ1) is 9.02. The molecule has 2 aromatic carbocycles. The van der Waals surface area contributed by atoms with Crippen LogP contribution in [-0.2, 0) is 0 Å². The van der Waals surface area contributed by atoms with E-state index in [0.29, 0.717) is 15.8 Å². The zero-order valence-electron chi connectivity index (χ0n) is 9.91. The molecule has 0 spiro atoms. The van der Waals surface area contributed by atoms with E-state index < -0.39 is 11.6 Å². The molecule has 5 heteroatoms. The van der Waals surface area contributed by atoms with Gasteiger partial charge in [-0.2, -0.15) is 0 Å². The van der Waals surface area contributed by atoms with Gasteiger partial charge in [0.2, 0.25) is 0 Å². The van der Waals surface area contributed by atoms with Gasteiger partial charge in [0.15, 0.2) is 5.78 Å². The number of hydrogen-bond donors (Lipinski definition) is 0. The Labute approximate surface area is 123 Å². The van der Waals surface area contributed by atoms with Crippen LogP contribution in [0.25, 0.3) is 0 Å². The van der Waals surface area contributed by atoms with Crippen LogP contribution in [0.5, 0.6) is 5.75 Å². The first-order valence-electron chi connectivity index (χ1n) is 5.36. The SMILES string of the molecule is COc1ccc(C(=O)c2ccc(Cl)cc2F)cc1Br. The molecule has 0 atom stereocenters. The fourth-order valence-corrected chi connectivity index (χ4v) is 2.34. The predicted octanol–water partition coefficient (Wildman–Crippen LogP) is 4.48. The molecule has 0 aliphatic heterocycles. The van der Waals surface area contributed by atoms with Crippen LogP contribution in [0.1, 0.15) is 15.9 Å². The average Bonchev–Trinajstić information content (AvgIpc) is 2.38. The summed E-state index contributed by atoms with van der Waals surface area (Å²) in [4.78, 5) is 12.2. The molecule has 2 nitrogen and oxygen atoms in total. The van der Waals surface area contributed by atoms with E-state index in [1.165, 1.54) is 19.2 Å². The first kappa shape index (κ1) is 14.0. The Hall–Kier alpha value is -1.39. The fraction of sp³-hybridized carbons (Fsp3) is 0.0714. The lowest BCUT2D eigenvalue weighted by Crippen LogP contribution is -2.04. The number of benzene rings is 2. The highest BCUT2D eigenvalue weighted by Gasteiger charge is 2.15. The second kappa shape index (κ2) is 5.72. The van der Waals surface area contributed by atoms with Crippen molar-refractivity contribution in [3.63, 3.8) is 0 Å². The molecular weight excluding hydrogens is 335 g/mol. The quantitative estimate of drug-likeness (QED) is 0.768. The molecule has 0 aromatic heterocycles. The van der Waals surface area contributed by atoms with E-state index in [9.17, 15) is 9.18 Å². The molecule has 0 saturated carbocycles. The van der Waals surface area contributed by atoms with Gasteiger partial charge in [-0.1, -0.05) is 11.6 Å². The summed E-state index contributed by atoms with van der Waals surface area (Å²) < 4.78 is 19.4. The van der Waals surface area contributed by atoms with Crippen molar-refractivity contribution in [2.24, 2.45) is 0 Å². The summed E-state index contributed by atoms with van der Waals surface area (Å²) in [7, 11) is 1.53. The highest BCUT2D eigenvalue weighted by atomic mass is 79.9. The summed E-state index contributed by atoms with van der Waals surface area (Å²) >= 11 is 8.94. The first-order valence-corrected chi connectivity index (χ1v) is 6.53. The average molecular weight is 344 g/mol. The Bertz CT molecular complexity index is 643. The summed E-state index contributed by atoms with van der Waals surface area (Å²) in [5.74, 6) is -0.435. The van der Waals surface area contributed by atoms with Crippen LogP contribution in [0, 0.1) is 5.82 Å². The lowest BCUT2D eigenvalue weighted by atomic mass is 10.0. The van der Waals surface area contributed by atoms with Crippen LogP contribution in [0.2, 0.25) is 5.02 Å². The molecule has 2 rings (SSSR count). The van der Waals surface area contributed by atoms with Crippen molar-refractivity contribution in [2.45, 2.75) is 0 Å². The van der Waals surface area contributed by atoms with Crippen molar-refractivity contribution in [1.29, 1.82) is 0 Å². The molecule has 0 N–H and O–H groups in total. The third-order valence-corrected chi connectivity index (χ3v) is 3.44. The number of ketones is 1. The number of hydrogen-bond acceptors (Lipinski definition) is 2. The largest absolute Gasteiger partial charge is 0.496 e. The van der Waals surface area contributed by atoms with E-state index >= 15 is 0 Å². The number of methoxy groups -OCH3 is 1. The minimum absolute atomic E-state index is 0.0125. The van der Waals surface area contributed by atoms with Crippen molar-refractivity contribution in [1.82, 2.24) is 0 Å². The van der Waals surface area contributed by atoms with Crippen LogP contribution >= 0.6 is 27.5 Å². The van der Waals surface area contributed by atoms with E-state index in [-0.39, 0.29) is 10.6 Å². The highest BCUT2D eigenvalue weighted by molar-refractivity contribution is 9.10. The van der Waals surface area contributed by atoms with Gasteiger partial charge in [0.25, 0.3) is 0 Å². The zero-order chi connectivity index (χ0) is 14.0. The normalized spacial score (nSPS) is 10.3. The van der Waals surface area contributed by atoms with Crippen molar-refractivity contribution in [3.05, 3.63) is 62.8 Å². The summed E-state index contributed by atoms with van der Waals surface area (Å²) in [6.45, 7) is 0. The Morgan fingerprint density at radius 3 is 2.58 bits per heavy atom. The molecule has 0 radical (unpaired) electrons. The van der Waals surface area contributed by atoms with Crippen molar-refractivity contribution in [3.8, 4) is 5.75 Å². The van der Waals surface area contributed by atoms with Gasteiger partial charge in [0, 0.05) is 10.6 Å². The third-order valence-electron chi connectivity index (χ3n) is 2.59. The van der Waals surface area contributed by atoms with Gasteiger partial charge in [0.05, 0.1) is 17.1 Å². The number of rotatable bonds is 3. The standard InChI is InChI=1S/C14H9BrClFO2/c1-19-13-5-2-8(6-11(13)15)14(18)10-4-3-9(16)7-12(10)17/h2-7H,1H3. The molecule has 0 heterocycles. The molecule has 0 unspecified atom stereocenters. The van der Waals surface area contributed by atoms with E-state index in [2.05, 4.69) is 15.9 Å². The smallest absolute Gasteiger partial charge is 0.196 e. The fourth-order valence-electron chi connectivity index (χ4n) is 1.64. The van der Waals surface area contributed by atoms with Crippen LogP contribution in [0.4, 0.5) is 4.39 Å². The Morgan fingerprint density at radius 2 is 2.00 bits per heavy atom. The van der Waals surface area contributed by atoms with E-state index in [1.807, 2.05) is 0 Å². The van der Waals surface area contributed by atoms with Gasteiger partial charge in [-0.15, -0.1) is 0 Å². The van der Waals surface area contributed by atoms with Gasteiger partial charge in [-0.3, -0.25) is 4.79 Å². The van der Waals surface area contributed by atoms with Crippen LogP contribution in [0.3, 0.4) is 0 Å². The second-order valence-electron chi connectivity index (χ2n) is 3.80. The summed E-state index contributed by atoms with van der Waals surface area (Å²) in [5, 5.41) is 0.255. The predicted molar refractivity (Wildman–Crippen MR) is 75.5 cm³/mol. The van der Waals surface area contributed by atoms with Gasteiger partial charge < -0.3 is 4.74 Å². The number of carbonyl (C=O) groups is 1. The third kappa shape index (κ3) is 2.96. The molecule has 2 aromatic rings. The molecule has 0 aliphatic carbocycles. The summed E-state index contributed by atoms with van der Waals surface area (Å²) in [5.41, 5.74) is 0.357. The molecule has 0 bridgehead atoms. The molecule has 0 saturated heterocycles. The number of ether oxygens (including phenoxy) is 1. The molecular formula is C14H9BrClFO2. The monoisotopic (exact) mass is 342 g/mol. The van der Waals surface area contributed by atoms with Gasteiger partial charge in [-0.25, -0.2) is 4.39 Å². The van der Waals surface area contributed by atoms with E-state index in [4.69, 9.17) is 16.3 Å². The second-order valence-corrected chi connectivity index (χ2v) is 5.09. The van der Waals surface area contributed by atoms with E-state index in [0.717, 1.165) is 6.07 Å². The van der Waals surface area contributed by atoms with Crippen molar-refractivity contribution >= 4 is 33.3 Å². The van der Waals surface area contributed by atoms with Crippen molar-refractivity contribution in [2.75, 3.05) is 7.11 Å². The topological polar surface area (TPSA) is 26.3 Å². The van der Waals surface area contributed by atoms with Crippen LogP contribution in [-0.4, -0.2) is 12.9 Å². The molecule has 0 amide bonds. The summed E-state index contributed by atoms with van der Waals surface area (Å²) in [6, 6.07) is 8.79.